The summed E-state index contributed by atoms with van der Waals surface area (Å²) in [5, 5.41) is 6.32. The molecule has 2 nitrogen and oxygen atoms in total. The average Bonchev–Trinajstić information content (AvgIpc) is 2.65. The lowest BCUT2D eigenvalue weighted by Crippen LogP contribution is -2.25. The van der Waals surface area contributed by atoms with Gasteiger partial charge in [-0.1, -0.05) is 66.2 Å². The van der Waals surface area contributed by atoms with E-state index in [0.29, 0.717) is 13.0 Å². The summed E-state index contributed by atoms with van der Waals surface area (Å²) in [7, 11) is 0. The number of rotatable bonds is 7. The van der Waals surface area contributed by atoms with Crippen LogP contribution in [0.3, 0.4) is 0 Å². The van der Waals surface area contributed by atoms with Gasteiger partial charge in [0.15, 0.2) is 0 Å². The molecule has 3 aromatic rings. The molecule has 0 unspecified atom stereocenters. The zero-order valence-corrected chi connectivity index (χ0v) is 14.9. The molecule has 1 amide bonds. The van der Waals surface area contributed by atoms with Gasteiger partial charge < -0.3 is 5.32 Å². The summed E-state index contributed by atoms with van der Waals surface area (Å²) in [6, 6.07) is 22.5. The molecule has 0 spiro atoms. The molecule has 0 aromatic heterocycles. The standard InChI is InChI=1S/C22H22ClNO/c23-20-13-10-17(11-14-20)12-15-22(25)24-16-4-8-19-7-3-6-18-5-1-2-9-21(18)19/h1-3,5-7,9-11,13-14H,4,8,12,15-16H2,(H,24,25). The number of hydrogen-bond acceptors (Lipinski definition) is 1. The molecule has 128 valence electrons. The van der Waals surface area contributed by atoms with Crippen molar-refractivity contribution in [2.45, 2.75) is 25.7 Å². The highest BCUT2D eigenvalue weighted by molar-refractivity contribution is 6.30. The van der Waals surface area contributed by atoms with E-state index in [4.69, 9.17) is 11.6 Å². The fourth-order valence-corrected chi connectivity index (χ4v) is 3.14. The van der Waals surface area contributed by atoms with Crippen molar-refractivity contribution in [2.24, 2.45) is 0 Å². The first kappa shape index (κ1) is 17.5. The van der Waals surface area contributed by atoms with E-state index < -0.39 is 0 Å². The number of fused-ring (bicyclic) bond motifs is 1. The zero-order valence-electron chi connectivity index (χ0n) is 14.2. The Balaban J connectivity index is 1.42. The van der Waals surface area contributed by atoms with E-state index in [2.05, 4.69) is 47.8 Å². The molecule has 0 saturated carbocycles. The Kier molecular flexibility index (Phi) is 6.08. The van der Waals surface area contributed by atoms with E-state index in [0.717, 1.165) is 29.8 Å². The third-order valence-corrected chi connectivity index (χ3v) is 4.63. The molecular weight excluding hydrogens is 330 g/mol. The summed E-state index contributed by atoms with van der Waals surface area (Å²) < 4.78 is 0. The summed E-state index contributed by atoms with van der Waals surface area (Å²) in [5.74, 6) is 0.105. The second-order valence-corrected chi connectivity index (χ2v) is 6.65. The maximum absolute atomic E-state index is 12.0. The SMILES string of the molecule is O=C(CCc1ccc(Cl)cc1)NCCCc1cccc2ccccc12. The summed E-state index contributed by atoms with van der Waals surface area (Å²) in [6.07, 6.45) is 3.17. The summed E-state index contributed by atoms with van der Waals surface area (Å²) in [5.41, 5.74) is 2.48. The topological polar surface area (TPSA) is 29.1 Å². The van der Waals surface area contributed by atoms with E-state index in [9.17, 15) is 4.79 Å². The van der Waals surface area contributed by atoms with Gasteiger partial charge >= 0.3 is 0 Å². The maximum atomic E-state index is 12.0. The van der Waals surface area contributed by atoms with Crippen molar-refractivity contribution in [3.05, 3.63) is 82.9 Å². The number of hydrogen-bond donors (Lipinski definition) is 1. The van der Waals surface area contributed by atoms with Gasteiger partial charge in [0.2, 0.25) is 5.91 Å². The van der Waals surface area contributed by atoms with Crippen molar-refractivity contribution in [3.8, 4) is 0 Å². The lowest BCUT2D eigenvalue weighted by molar-refractivity contribution is -0.121. The van der Waals surface area contributed by atoms with Gasteiger partial charge in [-0.15, -0.1) is 0 Å². The van der Waals surface area contributed by atoms with Gasteiger partial charge in [0.25, 0.3) is 0 Å². The first-order valence-corrected chi connectivity index (χ1v) is 9.08. The number of nitrogens with one attached hydrogen (secondary N) is 1. The van der Waals surface area contributed by atoms with Crippen LogP contribution in [0.4, 0.5) is 0 Å². The van der Waals surface area contributed by atoms with Crippen molar-refractivity contribution in [3.63, 3.8) is 0 Å². The quantitative estimate of drug-likeness (QED) is 0.584. The molecule has 0 saturated heterocycles. The molecule has 3 rings (SSSR count). The Hall–Kier alpha value is -2.32. The van der Waals surface area contributed by atoms with Crippen LogP contribution in [0.25, 0.3) is 10.8 Å². The van der Waals surface area contributed by atoms with Crippen LogP contribution in [0.1, 0.15) is 24.0 Å². The van der Waals surface area contributed by atoms with Crippen molar-refractivity contribution >= 4 is 28.3 Å². The lowest BCUT2D eigenvalue weighted by atomic mass is 10.0. The molecule has 0 atom stereocenters. The van der Waals surface area contributed by atoms with E-state index in [1.165, 1.54) is 16.3 Å². The van der Waals surface area contributed by atoms with Crippen molar-refractivity contribution in [2.75, 3.05) is 6.54 Å². The Morgan fingerprint density at radius 3 is 2.48 bits per heavy atom. The lowest BCUT2D eigenvalue weighted by Gasteiger charge is -2.08. The summed E-state index contributed by atoms with van der Waals surface area (Å²) >= 11 is 5.87. The van der Waals surface area contributed by atoms with Crippen molar-refractivity contribution in [1.82, 2.24) is 5.32 Å². The largest absolute Gasteiger partial charge is 0.356 e. The Labute approximate surface area is 153 Å². The van der Waals surface area contributed by atoms with Crippen molar-refractivity contribution in [1.29, 1.82) is 0 Å². The third kappa shape index (κ3) is 5.07. The van der Waals surface area contributed by atoms with Crippen LogP contribution >= 0.6 is 11.6 Å². The van der Waals surface area contributed by atoms with Gasteiger partial charge in [0.05, 0.1) is 0 Å². The monoisotopic (exact) mass is 351 g/mol. The maximum Gasteiger partial charge on any atom is 0.220 e. The van der Waals surface area contributed by atoms with Crippen LogP contribution in [0.15, 0.2) is 66.7 Å². The van der Waals surface area contributed by atoms with Crippen LogP contribution < -0.4 is 5.32 Å². The zero-order chi connectivity index (χ0) is 17.5. The Morgan fingerprint density at radius 2 is 1.64 bits per heavy atom. The molecule has 0 radical (unpaired) electrons. The van der Waals surface area contributed by atoms with Crippen LogP contribution in [-0.2, 0) is 17.6 Å². The molecule has 0 aliphatic heterocycles. The molecule has 0 bridgehead atoms. The van der Waals surface area contributed by atoms with Crippen molar-refractivity contribution < 1.29 is 4.79 Å². The summed E-state index contributed by atoms with van der Waals surface area (Å²) in [4.78, 5) is 12.0. The molecule has 0 heterocycles. The number of carbonyl (C=O) groups excluding carboxylic acids is 1. The van der Waals surface area contributed by atoms with Crippen LogP contribution in [0.5, 0.6) is 0 Å². The van der Waals surface area contributed by atoms with E-state index in [1.54, 1.807) is 0 Å². The summed E-state index contributed by atoms with van der Waals surface area (Å²) in [6.45, 7) is 0.711. The second kappa shape index (κ2) is 8.68. The molecule has 0 aliphatic rings. The second-order valence-electron chi connectivity index (χ2n) is 6.22. The normalized spacial score (nSPS) is 10.8. The molecule has 0 aliphatic carbocycles. The Bertz CT molecular complexity index is 837. The fourth-order valence-electron chi connectivity index (χ4n) is 3.01. The molecule has 3 aromatic carbocycles. The highest BCUT2D eigenvalue weighted by Gasteiger charge is 2.03. The number of aryl methyl sites for hydroxylation is 2. The third-order valence-electron chi connectivity index (χ3n) is 4.38. The minimum atomic E-state index is 0.105. The number of benzene rings is 3. The predicted molar refractivity (Wildman–Crippen MR) is 105 cm³/mol. The van der Waals surface area contributed by atoms with Crippen LogP contribution in [0.2, 0.25) is 5.02 Å². The first-order chi connectivity index (χ1) is 12.2. The smallest absolute Gasteiger partial charge is 0.220 e. The number of amides is 1. The Morgan fingerprint density at radius 1 is 0.880 bits per heavy atom. The van der Waals surface area contributed by atoms with Gasteiger partial charge in [-0.25, -0.2) is 0 Å². The van der Waals surface area contributed by atoms with Gasteiger partial charge in [-0.05, 0) is 53.3 Å². The van der Waals surface area contributed by atoms with Gasteiger partial charge in [0.1, 0.15) is 0 Å². The molecule has 0 fully saturated rings. The highest BCUT2D eigenvalue weighted by Crippen LogP contribution is 2.19. The van der Waals surface area contributed by atoms with E-state index in [-0.39, 0.29) is 5.91 Å². The minimum absolute atomic E-state index is 0.105. The van der Waals surface area contributed by atoms with Gasteiger partial charge in [-0.3, -0.25) is 4.79 Å². The van der Waals surface area contributed by atoms with Gasteiger partial charge in [-0.2, -0.15) is 0 Å². The first-order valence-electron chi connectivity index (χ1n) is 8.70. The molecule has 25 heavy (non-hydrogen) atoms. The fraction of sp³-hybridized carbons (Fsp3) is 0.227. The minimum Gasteiger partial charge on any atom is -0.356 e. The molecule has 1 N–H and O–H groups in total. The number of halogens is 1. The van der Waals surface area contributed by atoms with Crippen LogP contribution in [0, 0.1) is 0 Å². The predicted octanol–water partition coefficient (Wildman–Crippen LogP) is 5.17. The molecule has 3 heteroatoms. The highest BCUT2D eigenvalue weighted by atomic mass is 35.5. The number of carbonyl (C=O) groups is 1. The van der Waals surface area contributed by atoms with Gasteiger partial charge in [0, 0.05) is 18.0 Å². The van der Waals surface area contributed by atoms with Crippen LogP contribution in [-0.4, -0.2) is 12.5 Å². The van der Waals surface area contributed by atoms with E-state index >= 15 is 0 Å². The van der Waals surface area contributed by atoms with E-state index in [1.807, 2.05) is 24.3 Å². The molecular formula is C22H22ClNO. The average molecular weight is 352 g/mol.